The van der Waals surface area contributed by atoms with Crippen LogP contribution in [0.1, 0.15) is 29.9 Å². The van der Waals surface area contributed by atoms with Crippen LogP contribution in [0.2, 0.25) is 0 Å². The summed E-state index contributed by atoms with van der Waals surface area (Å²) in [5.41, 5.74) is 2.89. The summed E-state index contributed by atoms with van der Waals surface area (Å²) in [6.45, 7) is 3.53. The lowest BCUT2D eigenvalue weighted by molar-refractivity contribution is -0.135. The predicted octanol–water partition coefficient (Wildman–Crippen LogP) is 1.43. The van der Waals surface area contributed by atoms with E-state index >= 15 is 0 Å². The van der Waals surface area contributed by atoms with Gasteiger partial charge in [-0.25, -0.2) is 0 Å². The van der Waals surface area contributed by atoms with Crippen LogP contribution in [0.4, 0.5) is 0 Å². The minimum Gasteiger partial charge on any atom is -0.347 e. The number of hydrogen-bond donors (Lipinski definition) is 1. The molecular formula is C17H25N3O. The first-order valence-corrected chi connectivity index (χ1v) is 7.90. The highest BCUT2D eigenvalue weighted by Gasteiger charge is 2.31. The van der Waals surface area contributed by atoms with Crippen molar-refractivity contribution in [2.75, 3.05) is 33.7 Å². The second-order valence-corrected chi connectivity index (χ2v) is 6.40. The second kappa shape index (κ2) is 6.16. The monoisotopic (exact) mass is 287 g/mol. The van der Waals surface area contributed by atoms with E-state index in [1.54, 1.807) is 4.90 Å². The molecule has 1 saturated carbocycles. The van der Waals surface area contributed by atoms with Gasteiger partial charge in [-0.15, -0.1) is 0 Å². The van der Waals surface area contributed by atoms with Gasteiger partial charge >= 0.3 is 0 Å². The lowest BCUT2D eigenvalue weighted by Crippen LogP contribution is -2.57. The molecule has 114 valence electrons. The van der Waals surface area contributed by atoms with Gasteiger partial charge in [-0.2, -0.15) is 0 Å². The molecule has 2 aliphatic rings. The van der Waals surface area contributed by atoms with Crippen molar-refractivity contribution in [3.8, 4) is 0 Å². The first kappa shape index (κ1) is 14.5. The number of benzene rings is 1. The smallest absolute Gasteiger partial charge is 0.240 e. The molecule has 0 bridgehead atoms. The van der Waals surface area contributed by atoms with Crippen LogP contribution in [0.5, 0.6) is 0 Å². The molecule has 1 amide bonds. The molecule has 1 saturated heterocycles. The van der Waals surface area contributed by atoms with Crippen LogP contribution in [-0.2, 0) is 11.3 Å². The molecule has 4 nitrogen and oxygen atoms in total. The summed E-state index contributed by atoms with van der Waals surface area (Å²) in [7, 11) is 3.68. The molecular weight excluding hydrogens is 262 g/mol. The summed E-state index contributed by atoms with van der Waals surface area (Å²) in [5.74, 6) is 0.957. The van der Waals surface area contributed by atoms with Crippen LogP contribution in [0.25, 0.3) is 0 Å². The van der Waals surface area contributed by atoms with Gasteiger partial charge in [0.2, 0.25) is 5.91 Å². The van der Waals surface area contributed by atoms with Gasteiger partial charge in [0, 0.05) is 40.3 Å². The fraction of sp³-hybridized carbons (Fsp3) is 0.588. The van der Waals surface area contributed by atoms with Gasteiger partial charge in [-0.05, 0) is 29.9 Å². The number of piperazine rings is 1. The Hall–Kier alpha value is -1.39. The zero-order valence-corrected chi connectivity index (χ0v) is 13.0. The minimum atomic E-state index is -0.0407. The van der Waals surface area contributed by atoms with Gasteiger partial charge in [-0.3, -0.25) is 9.69 Å². The standard InChI is InChI=1S/C17H25N3O/c1-19(2)17(21)16-11-18-9-10-20(16)12-14-5-3-4-6-15(14)13-7-8-13/h3-6,13,16,18H,7-12H2,1-2H3. The Morgan fingerprint density at radius 1 is 1.33 bits per heavy atom. The van der Waals surface area contributed by atoms with E-state index in [1.165, 1.54) is 24.0 Å². The Kier molecular flexibility index (Phi) is 4.27. The zero-order valence-electron chi connectivity index (χ0n) is 13.0. The third-order valence-electron chi connectivity index (χ3n) is 4.53. The van der Waals surface area contributed by atoms with E-state index in [2.05, 4.69) is 34.5 Å². The molecule has 1 atom stereocenters. The van der Waals surface area contributed by atoms with Gasteiger partial charge < -0.3 is 10.2 Å². The summed E-state index contributed by atoms with van der Waals surface area (Å²) in [6.07, 6.45) is 2.64. The van der Waals surface area contributed by atoms with Crippen LogP contribution >= 0.6 is 0 Å². The SMILES string of the molecule is CN(C)C(=O)C1CNCCN1Cc1ccccc1C1CC1. The van der Waals surface area contributed by atoms with Crippen molar-refractivity contribution in [1.29, 1.82) is 0 Å². The van der Waals surface area contributed by atoms with Crippen molar-refractivity contribution in [3.05, 3.63) is 35.4 Å². The molecule has 1 heterocycles. The average Bonchev–Trinajstić information content (AvgIpc) is 3.32. The lowest BCUT2D eigenvalue weighted by Gasteiger charge is -2.36. The van der Waals surface area contributed by atoms with Crippen LogP contribution in [0.15, 0.2) is 24.3 Å². The quantitative estimate of drug-likeness (QED) is 0.910. The number of nitrogens with one attached hydrogen (secondary N) is 1. The highest BCUT2D eigenvalue weighted by molar-refractivity contribution is 5.81. The van der Waals surface area contributed by atoms with Crippen molar-refractivity contribution >= 4 is 5.91 Å². The number of likely N-dealkylation sites (N-methyl/N-ethyl adjacent to an activating group) is 1. The number of carbonyl (C=O) groups is 1. The van der Waals surface area contributed by atoms with E-state index in [9.17, 15) is 4.79 Å². The first-order valence-electron chi connectivity index (χ1n) is 7.90. The molecule has 4 heteroatoms. The van der Waals surface area contributed by atoms with E-state index in [4.69, 9.17) is 0 Å². The summed E-state index contributed by atoms with van der Waals surface area (Å²) < 4.78 is 0. The molecule has 0 spiro atoms. The summed E-state index contributed by atoms with van der Waals surface area (Å²) in [5, 5.41) is 3.35. The van der Waals surface area contributed by atoms with Crippen molar-refractivity contribution in [1.82, 2.24) is 15.1 Å². The average molecular weight is 287 g/mol. The van der Waals surface area contributed by atoms with Crippen molar-refractivity contribution in [2.24, 2.45) is 0 Å². The molecule has 1 aromatic rings. The first-order chi connectivity index (χ1) is 10.2. The fourth-order valence-corrected chi connectivity index (χ4v) is 3.17. The van der Waals surface area contributed by atoms with Gasteiger partial charge in [0.05, 0.1) is 0 Å². The number of hydrogen-bond acceptors (Lipinski definition) is 3. The molecule has 1 aliphatic carbocycles. The Morgan fingerprint density at radius 2 is 2.10 bits per heavy atom. The van der Waals surface area contributed by atoms with Gasteiger partial charge in [-0.1, -0.05) is 24.3 Å². The van der Waals surface area contributed by atoms with Gasteiger partial charge in [0.15, 0.2) is 0 Å². The Morgan fingerprint density at radius 3 is 2.81 bits per heavy atom. The van der Waals surface area contributed by atoms with E-state index in [0.717, 1.165) is 32.1 Å². The second-order valence-electron chi connectivity index (χ2n) is 6.40. The Bertz CT molecular complexity index is 511. The molecule has 2 fully saturated rings. The molecule has 1 aromatic carbocycles. The fourth-order valence-electron chi connectivity index (χ4n) is 3.17. The van der Waals surface area contributed by atoms with Crippen molar-refractivity contribution in [2.45, 2.75) is 31.3 Å². The van der Waals surface area contributed by atoms with Gasteiger partial charge in [0.25, 0.3) is 0 Å². The maximum atomic E-state index is 12.4. The topological polar surface area (TPSA) is 35.6 Å². The third kappa shape index (κ3) is 3.27. The largest absolute Gasteiger partial charge is 0.347 e. The van der Waals surface area contributed by atoms with Gasteiger partial charge in [0.1, 0.15) is 6.04 Å². The van der Waals surface area contributed by atoms with Crippen LogP contribution < -0.4 is 5.32 Å². The maximum Gasteiger partial charge on any atom is 0.240 e. The number of carbonyl (C=O) groups excluding carboxylic acids is 1. The van der Waals surface area contributed by atoms with Crippen LogP contribution in [-0.4, -0.2) is 55.5 Å². The van der Waals surface area contributed by atoms with E-state index < -0.39 is 0 Å². The molecule has 1 unspecified atom stereocenters. The minimum absolute atomic E-state index is 0.0407. The number of nitrogens with zero attached hydrogens (tertiary/aromatic N) is 2. The highest BCUT2D eigenvalue weighted by atomic mass is 16.2. The highest BCUT2D eigenvalue weighted by Crippen LogP contribution is 2.41. The normalized spacial score (nSPS) is 23.0. The Balaban J connectivity index is 1.77. The molecule has 1 aliphatic heterocycles. The number of rotatable bonds is 4. The molecule has 3 rings (SSSR count). The van der Waals surface area contributed by atoms with E-state index in [-0.39, 0.29) is 11.9 Å². The van der Waals surface area contributed by atoms with Crippen molar-refractivity contribution in [3.63, 3.8) is 0 Å². The van der Waals surface area contributed by atoms with E-state index in [1.807, 2.05) is 14.1 Å². The van der Waals surface area contributed by atoms with E-state index in [0.29, 0.717) is 0 Å². The molecule has 0 radical (unpaired) electrons. The van der Waals surface area contributed by atoms with Crippen LogP contribution in [0.3, 0.4) is 0 Å². The van der Waals surface area contributed by atoms with Crippen molar-refractivity contribution < 1.29 is 4.79 Å². The molecule has 0 aromatic heterocycles. The Labute approximate surface area is 127 Å². The lowest BCUT2D eigenvalue weighted by atomic mass is 10.0. The summed E-state index contributed by atoms with van der Waals surface area (Å²) >= 11 is 0. The van der Waals surface area contributed by atoms with Crippen LogP contribution in [0, 0.1) is 0 Å². The summed E-state index contributed by atoms with van der Waals surface area (Å²) in [6, 6.07) is 8.70. The number of amides is 1. The predicted molar refractivity (Wildman–Crippen MR) is 84.2 cm³/mol. The molecule has 21 heavy (non-hydrogen) atoms. The maximum absolute atomic E-state index is 12.4. The third-order valence-corrected chi connectivity index (χ3v) is 4.53. The zero-order chi connectivity index (χ0) is 14.8. The summed E-state index contributed by atoms with van der Waals surface area (Å²) in [4.78, 5) is 16.4. The molecule has 1 N–H and O–H groups in total.